The van der Waals surface area contributed by atoms with Gasteiger partial charge in [0, 0.05) is 36.4 Å². The van der Waals surface area contributed by atoms with Crippen molar-refractivity contribution < 1.29 is 14.7 Å². The van der Waals surface area contributed by atoms with Crippen LogP contribution in [0, 0.1) is 0 Å². The van der Waals surface area contributed by atoms with Gasteiger partial charge in [0.25, 0.3) is 11.8 Å². The van der Waals surface area contributed by atoms with E-state index in [0.717, 1.165) is 42.7 Å². The molecule has 2 N–H and O–H groups in total. The van der Waals surface area contributed by atoms with Crippen LogP contribution in [-0.4, -0.2) is 46.6 Å². The van der Waals surface area contributed by atoms with Gasteiger partial charge in [-0.15, -0.1) is 6.58 Å². The van der Waals surface area contributed by atoms with E-state index in [-0.39, 0.29) is 33.8 Å². The zero-order chi connectivity index (χ0) is 22.7. The smallest absolute Gasteiger partial charge is 0.265 e. The lowest BCUT2D eigenvalue weighted by Crippen LogP contribution is -2.53. The fourth-order valence-electron chi connectivity index (χ4n) is 4.85. The summed E-state index contributed by atoms with van der Waals surface area (Å²) in [7, 11) is 0. The van der Waals surface area contributed by atoms with Crippen LogP contribution in [0.5, 0.6) is 5.75 Å². The number of phenolic OH excluding ortho intramolecular Hbond substituents is 1. The molecule has 0 spiro atoms. The van der Waals surface area contributed by atoms with Gasteiger partial charge in [0.1, 0.15) is 11.3 Å². The second-order valence-electron chi connectivity index (χ2n) is 9.86. The molecule has 3 heterocycles. The number of rotatable bonds is 3. The van der Waals surface area contributed by atoms with Crippen molar-refractivity contribution >= 4 is 40.9 Å². The summed E-state index contributed by atoms with van der Waals surface area (Å²) in [5.74, 6) is -0.900. The highest BCUT2D eigenvalue weighted by Gasteiger charge is 2.42. The van der Waals surface area contributed by atoms with E-state index < -0.39 is 11.8 Å². The zero-order valence-electron chi connectivity index (χ0n) is 18.5. The summed E-state index contributed by atoms with van der Waals surface area (Å²) in [6.07, 6.45) is 4.98. The van der Waals surface area contributed by atoms with Crippen LogP contribution < -0.4 is 10.2 Å². The van der Waals surface area contributed by atoms with Gasteiger partial charge in [0.2, 0.25) is 0 Å². The predicted molar refractivity (Wildman–Crippen MR) is 126 cm³/mol. The van der Waals surface area contributed by atoms with Crippen molar-refractivity contribution in [1.29, 1.82) is 0 Å². The van der Waals surface area contributed by atoms with Crippen molar-refractivity contribution in [3.05, 3.63) is 41.0 Å². The number of nitrogens with one attached hydrogen (secondary N) is 1. The van der Waals surface area contributed by atoms with Crippen LogP contribution in [-0.2, 0) is 20.4 Å². The van der Waals surface area contributed by atoms with Gasteiger partial charge in [0.05, 0.1) is 0 Å². The number of hydrogen-bond acceptors (Lipinski definition) is 5. The molecule has 0 unspecified atom stereocenters. The second kappa shape index (κ2) is 7.19. The van der Waals surface area contributed by atoms with Gasteiger partial charge in [-0.1, -0.05) is 33.8 Å². The lowest BCUT2D eigenvalue weighted by Gasteiger charge is -2.48. The Hall–Kier alpha value is -2.67. The van der Waals surface area contributed by atoms with E-state index in [0.29, 0.717) is 5.56 Å². The first-order valence-corrected chi connectivity index (χ1v) is 11.0. The molecule has 0 atom stereocenters. The molecule has 4 rings (SSSR count). The summed E-state index contributed by atoms with van der Waals surface area (Å²) in [6.45, 7) is 14.5. The molecule has 6 nitrogen and oxygen atoms in total. The molecule has 31 heavy (non-hydrogen) atoms. The van der Waals surface area contributed by atoms with E-state index in [1.165, 1.54) is 11.0 Å². The standard InChI is InChI=1S/C24H29N3O3S/c1-6-9-27-21(30)15(20(29)25-22(27)31)12-14-13-16-18-17(19(14)28)24(4,5)8-11-26(18)10-7-23(16,2)3/h6,12-13,28H,1,7-11H2,2-5H3,(H,25,29,31)/b15-12+. The Bertz CT molecular complexity index is 1050. The van der Waals surface area contributed by atoms with Gasteiger partial charge in [0.15, 0.2) is 5.11 Å². The Morgan fingerprint density at radius 2 is 1.84 bits per heavy atom. The molecule has 3 aliphatic heterocycles. The highest BCUT2D eigenvalue weighted by atomic mass is 32.1. The topological polar surface area (TPSA) is 72.9 Å². The first kappa shape index (κ1) is 21.6. The molecule has 1 fully saturated rings. The number of thiocarbonyl (C=S) groups is 1. The number of amides is 2. The van der Waals surface area contributed by atoms with E-state index in [1.807, 2.05) is 6.07 Å². The molecular weight excluding hydrogens is 410 g/mol. The molecule has 0 radical (unpaired) electrons. The minimum absolute atomic E-state index is 0.0445. The molecule has 0 bridgehead atoms. The normalized spacial score (nSPS) is 23.0. The minimum Gasteiger partial charge on any atom is -0.507 e. The molecule has 2 amide bonds. The van der Waals surface area contributed by atoms with Gasteiger partial charge in [-0.2, -0.15) is 0 Å². The number of nitrogens with zero attached hydrogens (tertiary/aromatic N) is 2. The van der Waals surface area contributed by atoms with E-state index >= 15 is 0 Å². The fraction of sp³-hybridized carbons (Fsp3) is 0.458. The number of carbonyl (C=O) groups is 2. The van der Waals surface area contributed by atoms with Gasteiger partial charge in [-0.05, 0) is 53.6 Å². The van der Waals surface area contributed by atoms with Crippen LogP contribution in [0.2, 0.25) is 0 Å². The molecular formula is C24H29N3O3S. The Morgan fingerprint density at radius 1 is 1.19 bits per heavy atom. The summed E-state index contributed by atoms with van der Waals surface area (Å²) < 4.78 is 0. The van der Waals surface area contributed by atoms with Crippen LogP contribution in [0.25, 0.3) is 6.08 Å². The maximum atomic E-state index is 13.0. The fourth-order valence-corrected chi connectivity index (χ4v) is 5.10. The summed E-state index contributed by atoms with van der Waals surface area (Å²) in [4.78, 5) is 29.3. The molecule has 0 aromatic heterocycles. The molecule has 1 saturated heterocycles. The van der Waals surface area contributed by atoms with E-state index in [9.17, 15) is 14.7 Å². The number of hydrogen-bond donors (Lipinski definition) is 2. The molecule has 3 aliphatic rings. The third-order valence-electron chi connectivity index (χ3n) is 6.83. The molecule has 1 aromatic carbocycles. The maximum Gasteiger partial charge on any atom is 0.265 e. The number of benzene rings is 1. The maximum absolute atomic E-state index is 13.0. The van der Waals surface area contributed by atoms with Crippen molar-refractivity contribution in [2.24, 2.45) is 0 Å². The first-order chi connectivity index (χ1) is 14.5. The molecule has 0 aliphatic carbocycles. The third kappa shape index (κ3) is 3.35. The van der Waals surface area contributed by atoms with Gasteiger partial charge >= 0.3 is 0 Å². The van der Waals surface area contributed by atoms with Crippen molar-refractivity contribution in [2.75, 3.05) is 24.5 Å². The Balaban J connectivity index is 1.93. The SMILES string of the molecule is C=CCN1C(=O)/C(=C/c2cc3c4c(c2O)C(C)(C)CCN4CCC3(C)C)C(=O)NC1=S. The molecule has 164 valence electrons. The van der Waals surface area contributed by atoms with Crippen LogP contribution in [0.3, 0.4) is 0 Å². The third-order valence-corrected chi connectivity index (χ3v) is 7.16. The van der Waals surface area contributed by atoms with Crippen molar-refractivity contribution in [1.82, 2.24) is 10.2 Å². The van der Waals surface area contributed by atoms with Crippen molar-refractivity contribution in [3.63, 3.8) is 0 Å². The van der Waals surface area contributed by atoms with Crippen molar-refractivity contribution in [3.8, 4) is 5.75 Å². The number of carbonyl (C=O) groups excluding carboxylic acids is 2. The van der Waals surface area contributed by atoms with Crippen molar-refractivity contribution in [2.45, 2.75) is 51.4 Å². The highest BCUT2D eigenvalue weighted by Crippen LogP contribution is 2.53. The Morgan fingerprint density at radius 3 is 2.48 bits per heavy atom. The molecule has 1 aromatic rings. The second-order valence-corrected chi connectivity index (χ2v) is 10.2. The summed E-state index contributed by atoms with van der Waals surface area (Å²) in [5.41, 5.74) is 3.31. The van der Waals surface area contributed by atoms with Crippen LogP contribution >= 0.6 is 12.2 Å². The zero-order valence-corrected chi connectivity index (χ0v) is 19.4. The largest absolute Gasteiger partial charge is 0.507 e. The lowest BCUT2D eigenvalue weighted by molar-refractivity contribution is -0.128. The number of anilines is 1. The number of aromatic hydroxyl groups is 1. The van der Waals surface area contributed by atoms with Crippen LogP contribution in [0.1, 0.15) is 57.2 Å². The Labute approximate surface area is 188 Å². The van der Waals surface area contributed by atoms with Crippen LogP contribution in [0.4, 0.5) is 5.69 Å². The Kier molecular flexibility index (Phi) is 5.00. The monoisotopic (exact) mass is 439 g/mol. The molecule has 7 heteroatoms. The summed E-state index contributed by atoms with van der Waals surface area (Å²) in [6, 6.07) is 1.94. The van der Waals surface area contributed by atoms with E-state index in [2.05, 4.69) is 44.5 Å². The van der Waals surface area contributed by atoms with Gasteiger partial charge in [-0.3, -0.25) is 19.8 Å². The minimum atomic E-state index is -0.554. The first-order valence-electron chi connectivity index (χ1n) is 10.6. The average Bonchev–Trinajstić information content (AvgIpc) is 2.68. The quantitative estimate of drug-likeness (QED) is 0.327. The highest BCUT2D eigenvalue weighted by molar-refractivity contribution is 7.80. The summed E-state index contributed by atoms with van der Waals surface area (Å²) >= 11 is 5.13. The van der Waals surface area contributed by atoms with E-state index in [1.54, 1.807) is 6.08 Å². The average molecular weight is 440 g/mol. The van der Waals surface area contributed by atoms with Gasteiger partial charge < -0.3 is 10.0 Å². The summed E-state index contributed by atoms with van der Waals surface area (Å²) in [5, 5.41) is 14.0. The number of phenols is 1. The van der Waals surface area contributed by atoms with E-state index in [4.69, 9.17) is 12.2 Å². The van der Waals surface area contributed by atoms with Crippen LogP contribution in [0.15, 0.2) is 24.3 Å². The molecule has 0 saturated carbocycles. The van der Waals surface area contributed by atoms with Gasteiger partial charge in [-0.25, -0.2) is 0 Å². The lowest BCUT2D eigenvalue weighted by atomic mass is 9.68. The predicted octanol–water partition coefficient (Wildman–Crippen LogP) is 3.37.